The fourth-order valence-electron chi connectivity index (χ4n) is 2.49. The van der Waals surface area contributed by atoms with E-state index >= 15 is 0 Å². The number of nitrogens with one attached hydrogen (secondary N) is 3. The highest BCUT2D eigenvalue weighted by atomic mass is 16.6. The molecule has 128 valence electrons. The highest BCUT2D eigenvalue weighted by Gasteiger charge is 2.08. The summed E-state index contributed by atoms with van der Waals surface area (Å²) in [6.07, 6.45) is 0. The maximum absolute atomic E-state index is 12.2. The number of benzene rings is 2. The van der Waals surface area contributed by atoms with Gasteiger partial charge in [0.1, 0.15) is 0 Å². The van der Waals surface area contributed by atoms with Gasteiger partial charge in [-0.05, 0) is 36.8 Å². The van der Waals surface area contributed by atoms with Crippen LogP contribution in [0.3, 0.4) is 0 Å². The molecule has 3 N–H and O–H groups in total. The second-order valence-electron chi connectivity index (χ2n) is 5.67. The van der Waals surface area contributed by atoms with Crippen LogP contribution in [0.2, 0.25) is 0 Å². The highest BCUT2D eigenvalue weighted by molar-refractivity contribution is 6.00. The van der Waals surface area contributed by atoms with Crippen LogP contribution in [-0.4, -0.2) is 23.1 Å². The molecule has 0 aliphatic rings. The first-order valence-corrected chi connectivity index (χ1v) is 7.76. The molecule has 2 aromatic carbocycles. The molecule has 25 heavy (non-hydrogen) atoms. The molecule has 0 fully saturated rings. The van der Waals surface area contributed by atoms with Gasteiger partial charge in [0.05, 0.1) is 7.11 Å². The first kappa shape index (κ1) is 16.7. The topological polar surface area (TPSA) is 88.2 Å². The Kier molecular flexibility index (Phi) is 4.76. The second-order valence-corrected chi connectivity index (χ2v) is 5.67. The molecule has 3 rings (SSSR count). The minimum atomic E-state index is -0.416. The fourth-order valence-corrected chi connectivity index (χ4v) is 2.49. The van der Waals surface area contributed by atoms with Crippen molar-refractivity contribution in [2.75, 3.05) is 23.2 Å². The Morgan fingerprint density at radius 2 is 1.72 bits per heavy atom. The summed E-state index contributed by atoms with van der Waals surface area (Å²) in [5.74, 6) is 0.653. The molecule has 0 aliphatic carbocycles. The van der Waals surface area contributed by atoms with Crippen LogP contribution in [0.1, 0.15) is 11.3 Å². The normalized spacial score (nSPS) is 10.5. The number of amides is 2. The zero-order valence-electron chi connectivity index (χ0n) is 14.3. The van der Waals surface area contributed by atoms with Gasteiger partial charge in [-0.25, -0.2) is 15.3 Å². The molecular weight excluding hydrogens is 318 g/mol. The van der Waals surface area contributed by atoms with E-state index in [9.17, 15) is 4.79 Å². The molecule has 0 atom stereocenters. The van der Waals surface area contributed by atoms with E-state index in [1.165, 1.54) is 12.7 Å². The number of hydrogen-bond acceptors (Lipinski definition) is 5. The lowest BCUT2D eigenvalue weighted by atomic mass is 10.1. The van der Waals surface area contributed by atoms with Crippen molar-refractivity contribution in [3.05, 3.63) is 53.7 Å². The van der Waals surface area contributed by atoms with Crippen LogP contribution in [0.25, 0.3) is 10.8 Å². The van der Waals surface area contributed by atoms with Crippen LogP contribution in [0.15, 0.2) is 42.5 Å². The number of urea groups is 1. The summed E-state index contributed by atoms with van der Waals surface area (Å²) in [5.41, 5.74) is 5.20. The van der Waals surface area contributed by atoms with Gasteiger partial charge >= 0.3 is 6.03 Å². The van der Waals surface area contributed by atoms with Gasteiger partial charge in [0.15, 0.2) is 5.82 Å². The van der Waals surface area contributed by atoms with Crippen LogP contribution in [-0.2, 0) is 4.84 Å². The monoisotopic (exact) mass is 337 g/mol. The number of anilines is 3. The Morgan fingerprint density at radius 3 is 2.52 bits per heavy atom. The first-order chi connectivity index (χ1) is 12.0. The predicted octanol–water partition coefficient (Wildman–Crippen LogP) is 3.86. The number of aromatic nitrogens is 2. The van der Waals surface area contributed by atoms with E-state index in [2.05, 4.69) is 32.1 Å². The molecule has 2 amide bonds. The van der Waals surface area contributed by atoms with Crippen LogP contribution < -0.4 is 16.1 Å². The SMILES string of the molecule is CONc1cc(C)nc(NC(=O)Nc2ccc3cc(C)ccc3c2)n1. The summed E-state index contributed by atoms with van der Waals surface area (Å²) in [7, 11) is 1.48. The Labute approximate surface area is 145 Å². The van der Waals surface area contributed by atoms with E-state index in [0.29, 0.717) is 17.2 Å². The van der Waals surface area contributed by atoms with Gasteiger partial charge in [-0.3, -0.25) is 10.2 Å². The molecule has 0 unspecified atom stereocenters. The van der Waals surface area contributed by atoms with Crippen molar-refractivity contribution in [3.8, 4) is 0 Å². The van der Waals surface area contributed by atoms with Crippen LogP contribution >= 0.6 is 0 Å². The molecular formula is C18H19N5O2. The molecule has 0 saturated heterocycles. The summed E-state index contributed by atoms with van der Waals surface area (Å²) in [4.78, 5) is 25.3. The molecule has 0 bridgehead atoms. The number of hydrogen-bond donors (Lipinski definition) is 3. The van der Waals surface area contributed by atoms with Crippen molar-refractivity contribution >= 4 is 34.3 Å². The maximum atomic E-state index is 12.2. The number of carbonyl (C=O) groups is 1. The molecule has 1 heterocycles. The lowest BCUT2D eigenvalue weighted by Gasteiger charge is -2.10. The third kappa shape index (κ3) is 4.21. The number of fused-ring (bicyclic) bond motifs is 1. The maximum Gasteiger partial charge on any atom is 0.326 e. The van der Waals surface area contributed by atoms with Gasteiger partial charge in [0.2, 0.25) is 5.95 Å². The van der Waals surface area contributed by atoms with Crippen LogP contribution in [0.5, 0.6) is 0 Å². The Morgan fingerprint density at radius 1 is 0.960 bits per heavy atom. The number of carbonyl (C=O) groups excluding carboxylic acids is 1. The Hall–Kier alpha value is -3.19. The standard InChI is InChI=1S/C18H19N5O2/c1-11-4-5-14-10-15(7-6-13(14)8-11)20-18(24)22-17-19-12(2)9-16(21-17)23-25-3/h4-10H,1-3H3,(H3,19,20,21,22,23,24). The van der Waals surface area contributed by atoms with Crippen molar-refractivity contribution in [2.45, 2.75) is 13.8 Å². The quantitative estimate of drug-likeness (QED) is 0.629. The third-order valence-electron chi connectivity index (χ3n) is 3.54. The van der Waals surface area contributed by atoms with Gasteiger partial charge in [-0.1, -0.05) is 29.8 Å². The van der Waals surface area contributed by atoms with E-state index < -0.39 is 6.03 Å². The Bertz CT molecular complexity index is 926. The zero-order chi connectivity index (χ0) is 17.8. The summed E-state index contributed by atoms with van der Waals surface area (Å²) in [6.45, 7) is 3.85. The molecule has 7 nitrogen and oxygen atoms in total. The summed E-state index contributed by atoms with van der Waals surface area (Å²) in [6, 6.07) is 13.2. The van der Waals surface area contributed by atoms with Gasteiger partial charge in [-0.15, -0.1) is 0 Å². The average Bonchev–Trinajstić information content (AvgIpc) is 2.54. The predicted molar refractivity (Wildman–Crippen MR) is 98.7 cm³/mol. The minimum absolute atomic E-state index is 0.188. The van der Waals surface area contributed by atoms with Crippen molar-refractivity contribution in [2.24, 2.45) is 0 Å². The average molecular weight is 337 g/mol. The molecule has 7 heteroatoms. The molecule has 0 spiro atoms. The highest BCUT2D eigenvalue weighted by Crippen LogP contribution is 2.20. The number of nitrogens with zero attached hydrogens (tertiary/aromatic N) is 2. The second kappa shape index (κ2) is 7.14. The van der Waals surface area contributed by atoms with Gasteiger partial charge in [-0.2, -0.15) is 4.98 Å². The number of rotatable bonds is 4. The van der Waals surface area contributed by atoms with E-state index in [-0.39, 0.29) is 5.95 Å². The zero-order valence-corrected chi connectivity index (χ0v) is 14.3. The van der Waals surface area contributed by atoms with Crippen LogP contribution in [0.4, 0.5) is 22.2 Å². The smallest absolute Gasteiger partial charge is 0.308 e. The molecule has 0 saturated carbocycles. The Balaban J connectivity index is 1.73. The molecule has 0 aliphatic heterocycles. The summed E-state index contributed by atoms with van der Waals surface area (Å²) >= 11 is 0. The van der Waals surface area contributed by atoms with E-state index in [0.717, 1.165) is 10.8 Å². The van der Waals surface area contributed by atoms with E-state index in [1.807, 2.05) is 37.3 Å². The summed E-state index contributed by atoms with van der Waals surface area (Å²) < 4.78 is 0. The van der Waals surface area contributed by atoms with Crippen molar-refractivity contribution < 1.29 is 9.63 Å². The van der Waals surface area contributed by atoms with Gasteiger partial charge in [0, 0.05) is 17.4 Å². The van der Waals surface area contributed by atoms with Crippen molar-refractivity contribution in [3.63, 3.8) is 0 Å². The van der Waals surface area contributed by atoms with Gasteiger partial charge < -0.3 is 5.32 Å². The molecule has 1 aromatic heterocycles. The molecule has 0 radical (unpaired) electrons. The van der Waals surface area contributed by atoms with Crippen LogP contribution in [0, 0.1) is 13.8 Å². The fraction of sp³-hybridized carbons (Fsp3) is 0.167. The lowest BCUT2D eigenvalue weighted by Crippen LogP contribution is -2.21. The number of aryl methyl sites for hydroxylation is 2. The van der Waals surface area contributed by atoms with Crippen molar-refractivity contribution in [1.82, 2.24) is 9.97 Å². The van der Waals surface area contributed by atoms with E-state index in [1.54, 1.807) is 13.0 Å². The largest absolute Gasteiger partial charge is 0.326 e. The van der Waals surface area contributed by atoms with Crippen molar-refractivity contribution in [1.29, 1.82) is 0 Å². The third-order valence-corrected chi connectivity index (χ3v) is 3.54. The van der Waals surface area contributed by atoms with Gasteiger partial charge in [0.25, 0.3) is 0 Å². The van der Waals surface area contributed by atoms with E-state index in [4.69, 9.17) is 4.84 Å². The first-order valence-electron chi connectivity index (χ1n) is 7.76. The minimum Gasteiger partial charge on any atom is -0.308 e. The summed E-state index contributed by atoms with van der Waals surface area (Å²) in [5, 5.41) is 7.59. The molecule has 3 aromatic rings. The lowest BCUT2D eigenvalue weighted by molar-refractivity contribution is 0.262.